The monoisotopic (exact) mass is 326 g/mol. The van der Waals surface area contributed by atoms with Crippen LogP contribution in [-0.2, 0) is 4.79 Å². The number of hydrogen-bond acceptors (Lipinski definition) is 3. The minimum atomic E-state index is -0.318. The molecule has 4 nitrogen and oxygen atoms in total. The fourth-order valence-electron chi connectivity index (χ4n) is 3.52. The van der Waals surface area contributed by atoms with E-state index < -0.39 is 0 Å². The quantitative estimate of drug-likeness (QED) is 0.907. The third kappa shape index (κ3) is 3.60. The van der Waals surface area contributed by atoms with Crippen LogP contribution in [0.5, 0.6) is 0 Å². The molecule has 1 heterocycles. The van der Waals surface area contributed by atoms with E-state index in [1.807, 2.05) is 56.3 Å². The van der Waals surface area contributed by atoms with E-state index in [1.165, 1.54) is 0 Å². The molecular weight excluding hydrogens is 300 g/mol. The number of rotatable bonds is 4. The van der Waals surface area contributed by atoms with E-state index in [9.17, 15) is 9.90 Å². The Bertz CT molecular complexity index is 708. The molecule has 1 aliphatic rings. The molecule has 1 saturated heterocycles. The molecule has 0 aromatic heterocycles. The molecule has 3 rings (SSSR count). The molecular formula is C20H26N2O2. The molecule has 3 atom stereocenters. The van der Waals surface area contributed by atoms with Crippen LogP contribution in [0.3, 0.4) is 0 Å². The average Bonchev–Trinajstić information content (AvgIpc) is 2.61. The highest BCUT2D eigenvalue weighted by atomic mass is 16.3. The van der Waals surface area contributed by atoms with Crippen molar-refractivity contribution in [2.24, 2.45) is 5.92 Å². The second kappa shape index (κ2) is 7.32. The minimum Gasteiger partial charge on any atom is -0.393 e. The lowest BCUT2D eigenvalue weighted by atomic mass is 9.92. The first kappa shape index (κ1) is 16.9. The third-order valence-corrected chi connectivity index (χ3v) is 5.15. The number of carbonyl (C=O) groups is 1. The second-order valence-corrected chi connectivity index (χ2v) is 6.83. The first-order valence-corrected chi connectivity index (χ1v) is 8.77. The van der Waals surface area contributed by atoms with Crippen LogP contribution < -0.4 is 5.32 Å². The number of amides is 1. The van der Waals surface area contributed by atoms with Crippen LogP contribution in [0.4, 0.5) is 5.69 Å². The average molecular weight is 326 g/mol. The van der Waals surface area contributed by atoms with Crippen LogP contribution in [0.15, 0.2) is 42.5 Å². The van der Waals surface area contributed by atoms with Crippen molar-refractivity contribution in [1.82, 2.24) is 4.90 Å². The summed E-state index contributed by atoms with van der Waals surface area (Å²) in [5.74, 6) is 0.268. The molecule has 24 heavy (non-hydrogen) atoms. The number of aliphatic hydroxyl groups excluding tert-OH is 1. The third-order valence-electron chi connectivity index (χ3n) is 5.15. The summed E-state index contributed by atoms with van der Waals surface area (Å²) in [5, 5.41) is 15.1. The highest BCUT2D eigenvalue weighted by Crippen LogP contribution is 2.25. The van der Waals surface area contributed by atoms with E-state index in [0.717, 1.165) is 42.4 Å². The van der Waals surface area contributed by atoms with Gasteiger partial charge < -0.3 is 10.4 Å². The number of fused-ring (bicyclic) bond motifs is 1. The first-order valence-electron chi connectivity index (χ1n) is 8.77. The lowest BCUT2D eigenvalue weighted by Gasteiger charge is -2.37. The SMILES string of the molecule is CC(O)C1CCCN(C(C)C(=O)Nc2cccc3ccccc23)C1. The molecule has 0 bridgehead atoms. The maximum Gasteiger partial charge on any atom is 0.241 e. The molecule has 1 amide bonds. The van der Waals surface area contributed by atoms with Gasteiger partial charge in [-0.3, -0.25) is 9.69 Å². The Morgan fingerprint density at radius 1 is 1.21 bits per heavy atom. The van der Waals surface area contributed by atoms with E-state index in [2.05, 4.69) is 10.2 Å². The Hall–Kier alpha value is -1.91. The highest BCUT2D eigenvalue weighted by molar-refractivity contribution is 6.03. The van der Waals surface area contributed by atoms with E-state index in [1.54, 1.807) is 0 Å². The molecule has 3 unspecified atom stereocenters. The predicted molar refractivity (Wildman–Crippen MR) is 98.0 cm³/mol. The van der Waals surface area contributed by atoms with Gasteiger partial charge in [0.25, 0.3) is 0 Å². The van der Waals surface area contributed by atoms with Gasteiger partial charge in [-0.05, 0) is 50.6 Å². The number of likely N-dealkylation sites (tertiary alicyclic amines) is 1. The first-order chi connectivity index (χ1) is 11.6. The fourth-order valence-corrected chi connectivity index (χ4v) is 3.52. The summed E-state index contributed by atoms with van der Waals surface area (Å²) in [5.41, 5.74) is 0.856. The zero-order valence-corrected chi connectivity index (χ0v) is 14.4. The van der Waals surface area contributed by atoms with Gasteiger partial charge in [0.15, 0.2) is 0 Å². The highest BCUT2D eigenvalue weighted by Gasteiger charge is 2.29. The van der Waals surface area contributed by atoms with Gasteiger partial charge in [0, 0.05) is 17.6 Å². The van der Waals surface area contributed by atoms with Gasteiger partial charge in [0.2, 0.25) is 5.91 Å². The van der Waals surface area contributed by atoms with E-state index in [0.29, 0.717) is 0 Å². The zero-order chi connectivity index (χ0) is 17.1. The normalized spacial score (nSPS) is 21.4. The number of nitrogens with zero attached hydrogens (tertiary/aromatic N) is 1. The fraction of sp³-hybridized carbons (Fsp3) is 0.450. The molecule has 1 fully saturated rings. The summed E-state index contributed by atoms with van der Waals surface area (Å²) in [4.78, 5) is 14.9. The van der Waals surface area contributed by atoms with Gasteiger partial charge >= 0.3 is 0 Å². The molecule has 0 aliphatic carbocycles. The number of carbonyl (C=O) groups excluding carboxylic acids is 1. The van der Waals surface area contributed by atoms with E-state index >= 15 is 0 Å². The molecule has 2 aromatic carbocycles. The number of anilines is 1. The molecule has 2 N–H and O–H groups in total. The lowest BCUT2D eigenvalue weighted by Crippen LogP contribution is -2.48. The lowest BCUT2D eigenvalue weighted by molar-refractivity contribution is -0.121. The van der Waals surface area contributed by atoms with E-state index in [-0.39, 0.29) is 24.0 Å². The van der Waals surface area contributed by atoms with Gasteiger partial charge in [-0.15, -0.1) is 0 Å². The summed E-state index contributed by atoms with van der Waals surface area (Å²) in [7, 11) is 0. The van der Waals surface area contributed by atoms with Crippen LogP contribution in [0.1, 0.15) is 26.7 Å². The van der Waals surface area contributed by atoms with Crippen LogP contribution in [0.25, 0.3) is 10.8 Å². The van der Waals surface area contributed by atoms with Gasteiger partial charge in [-0.1, -0.05) is 36.4 Å². The molecule has 0 radical (unpaired) electrons. The van der Waals surface area contributed by atoms with Crippen molar-refractivity contribution in [1.29, 1.82) is 0 Å². The number of hydrogen-bond donors (Lipinski definition) is 2. The van der Waals surface area contributed by atoms with Gasteiger partial charge in [0.1, 0.15) is 0 Å². The number of aliphatic hydroxyl groups is 1. The van der Waals surface area contributed by atoms with Crippen molar-refractivity contribution in [2.45, 2.75) is 38.8 Å². The Labute approximate surface area is 143 Å². The van der Waals surface area contributed by atoms with Crippen molar-refractivity contribution >= 4 is 22.4 Å². The van der Waals surface area contributed by atoms with Crippen molar-refractivity contribution in [2.75, 3.05) is 18.4 Å². The predicted octanol–water partition coefficient (Wildman–Crippen LogP) is 3.26. The van der Waals surface area contributed by atoms with Crippen molar-refractivity contribution < 1.29 is 9.90 Å². The molecule has 4 heteroatoms. The Kier molecular flexibility index (Phi) is 5.17. The molecule has 128 valence electrons. The maximum atomic E-state index is 12.7. The minimum absolute atomic E-state index is 0.0117. The Morgan fingerprint density at radius 2 is 1.96 bits per heavy atom. The molecule has 0 saturated carbocycles. The number of benzene rings is 2. The Morgan fingerprint density at radius 3 is 2.75 bits per heavy atom. The Balaban J connectivity index is 1.72. The van der Waals surface area contributed by atoms with Crippen LogP contribution >= 0.6 is 0 Å². The molecule has 1 aliphatic heterocycles. The van der Waals surface area contributed by atoms with Gasteiger partial charge in [0.05, 0.1) is 12.1 Å². The number of nitrogens with one attached hydrogen (secondary N) is 1. The molecule has 2 aromatic rings. The van der Waals surface area contributed by atoms with E-state index in [4.69, 9.17) is 0 Å². The summed E-state index contributed by atoms with van der Waals surface area (Å²) in [6, 6.07) is 13.8. The molecule has 0 spiro atoms. The standard InChI is InChI=1S/C20H26N2O2/c1-14(22-12-6-9-17(13-22)15(2)23)20(24)21-19-11-5-8-16-7-3-4-10-18(16)19/h3-5,7-8,10-11,14-15,17,23H,6,9,12-13H2,1-2H3,(H,21,24). The van der Waals surface area contributed by atoms with Crippen LogP contribution in [0, 0.1) is 5.92 Å². The van der Waals surface area contributed by atoms with Gasteiger partial charge in [-0.25, -0.2) is 0 Å². The largest absolute Gasteiger partial charge is 0.393 e. The maximum absolute atomic E-state index is 12.7. The summed E-state index contributed by atoms with van der Waals surface area (Å²) in [6.45, 7) is 5.48. The number of piperidine rings is 1. The summed E-state index contributed by atoms with van der Waals surface area (Å²) >= 11 is 0. The van der Waals surface area contributed by atoms with Gasteiger partial charge in [-0.2, -0.15) is 0 Å². The second-order valence-electron chi connectivity index (χ2n) is 6.83. The van der Waals surface area contributed by atoms with Crippen LogP contribution in [-0.4, -0.2) is 41.1 Å². The van der Waals surface area contributed by atoms with Crippen LogP contribution in [0.2, 0.25) is 0 Å². The van der Waals surface area contributed by atoms with Crippen molar-refractivity contribution in [3.05, 3.63) is 42.5 Å². The van der Waals surface area contributed by atoms with Crippen molar-refractivity contribution in [3.63, 3.8) is 0 Å². The van der Waals surface area contributed by atoms with Crippen molar-refractivity contribution in [3.8, 4) is 0 Å². The smallest absolute Gasteiger partial charge is 0.241 e. The zero-order valence-electron chi connectivity index (χ0n) is 14.4. The summed E-state index contributed by atoms with van der Waals surface area (Å²) < 4.78 is 0. The topological polar surface area (TPSA) is 52.6 Å². The summed E-state index contributed by atoms with van der Waals surface area (Å²) in [6.07, 6.45) is 1.74.